The third kappa shape index (κ3) is 7.47. The monoisotopic (exact) mass is 486 g/mol. The average Bonchev–Trinajstić information content (AvgIpc) is 2.84. The second kappa shape index (κ2) is 12.4. The van der Waals surface area contributed by atoms with Crippen LogP contribution in [0, 0.1) is 0 Å². The molecule has 3 rings (SSSR count). The minimum absolute atomic E-state index is 0.203. The zero-order chi connectivity index (χ0) is 24.4. The van der Waals surface area contributed by atoms with Gasteiger partial charge in [-0.2, -0.15) is 0 Å². The van der Waals surface area contributed by atoms with Crippen LogP contribution in [0.2, 0.25) is 0 Å². The molecule has 0 bridgehead atoms. The van der Waals surface area contributed by atoms with Gasteiger partial charge < -0.3 is 10.6 Å². The fourth-order valence-electron chi connectivity index (χ4n) is 3.42. The Hall–Kier alpha value is -3.08. The van der Waals surface area contributed by atoms with Gasteiger partial charge in [0.05, 0.1) is 12.9 Å². The van der Waals surface area contributed by atoms with Crippen LogP contribution in [0.25, 0.3) is 0 Å². The third-order valence-corrected chi connectivity index (χ3v) is 6.29. The van der Waals surface area contributed by atoms with Crippen LogP contribution >= 0.6 is 0 Å². The number of hydrogen-bond donors (Lipinski definition) is 2. The number of nitrogens with one attached hydrogen (secondary N) is 2. The fourth-order valence-corrected chi connectivity index (χ4v) is 4.12. The Balaban J connectivity index is 1.33. The van der Waals surface area contributed by atoms with Gasteiger partial charge in [0.15, 0.2) is 0 Å². The first-order valence-corrected chi connectivity index (χ1v) is 13.1. The minimum Gasteiger partial charge on any atom is -0.380 e. The van der Waals surface area contributed by atoms with E-state index in [4.69, 9.17) is 4.84 Å². The quantitative estimate of drug-likeness (QED) is 0.191. The molecule has 0 saturated carbocycles. The number of hydroxylamine groups is 1. The Morgan fingerprint density at radius 3 is 2.24 bits per heavy atom. The molecule has 2 N–H and O–H groups in total. The summed E-state index contributed by atoms with van der Waals surface area (Å²) >= 11 is 0. The van der Waals surface area contributed by atoms with Crippen molar-refractivity contribution in [1.29, 1.82) is 0 Å². The molecular formula is C24H30N4O5S. The summed E-state index contributed by atoms with van der Waals surface area (Å²) in [5, 5.41) is 6.02. The van der Waals surface area contributed by atoms with Crippen molar-refractivity contribution in [3.05, 3.63) is 80.9 Å². The summed E-state index contributed by atoms with van der Waals surface area (Å²) in [6, 6.07) is 12.9. The van der Waals surface area contributed by atoms with Gasteiger partial charge in [-0.3, -0.25) is 19.4 Å². The number of nitrogens with zero attached hydrogens (tertiary/aromatic N) is 2. The third-order valence-electron chi connectivity index (χ3n) is 5.27. The Morgan fingerprint density at radius 2 is 1.53 bits per heavy atom. The van der Waals surface area contributed by atoms with Gasteiger partial charge in [0, 0.05) is 31.2 Å². The molecule has 0 saturated heterocycles. The predicted molar refractivity (Wildman–Crippen MR) is 133 cm³/mol. The second-order valence-electron chi connectivity index (χ2n) is 8.01. The average molecular weight is 487 g/mol. The van der Waals surface area contributed by atoms with Crippen molar-refractivity contribution >= 4 is 27.1 Å². The van der Waals surface area contributed by atoms with Crippen molar-refractivity contribution in [3.63, 3.8) is 0 Å². The first-order chi connectivity index (χ1) is 16.4. The van der Waals surface area contributed by atoms with Gasteiger partial charge in [-0.1, -0.05) is 54.1 Å². The van der Waals surface area contributed by atoms with E-state index in [-0.39, 0.29) is 12.3 Å². The molecule has 9 nitrogen and oxygen atoms in total. The zero-order valence-electron chi connectivity index (χ0n) is 19.2. The molecule has 0 radical (unpaired) electrons. The molecule has 0 aliphatic heterocycles. The van der Waals surface area contributed by atoms with Crippen LogP contribution in [0.4, 0.5) is 17.1 Å². The van der Waals surface area contributed by atoms with Gasteiger partial charge in [-0.05, 0) is 30.5 Å². The predicted octanol–water partition coefficient (Wildman–Crippen LogP) is 3.18. The molecule has 2 aromatic carbocycles. The zero-order valence-corrected chi connectivity index (χ0v) is 20.0. The van der Waals surface area contributed by atoms with Gasteiger partial charge in [0.1, 0.15) is 11.4 Å². The van der Waals surface area contributed by atoms with Crippen LogP contribution in [-0.2, 0) is 21.5 Å². The summed E-state index contributed by atoms with van der Waals surface area (Å²) in [5.41, 5.74) is 1.18. The molecule has 1 heterocycles. The van der Waals surface area contributed by atoms with E-state index in [0.717, 1.165) is 42.0 Å². The highest BCUT2D eigenvalue weighted by Gasteiger charge is 2.20. The first kappa shape index (κ1) is 25.5. The van der Waals surface area contributed by atoms with Crippen LogP contribution < -0.4 is 21.5 Å². The molecule has 0 spiro atoms. The van der Waals surface area contributed by atoms with E-state index in [9.17, 15) is 18.0 Å². The highest BCUT2D eigenvalue weighted by molar-refractivity contribution is 7.88. The maximum atomic E-state index is 12.0. The summed E-state index contributed by atoms with van der Waals surface area (Å²) in [5.74, 6) is 0. The van der Waals surface area contributed by atoms with Crippen molar-refractivity contribution in [2.24, 2.45) is 0 Å². The molecule has 0 atom stereocenters. The largest absolute Gasteiger partial charge is 0.380 e. The lowest BCUT2D eigenvalue weighted by atomic mass is 10.1. The molecule has 10 heteroatoms. The number of rotatable bonds is 15. The maximum Gasteiger partial charge on any atom is 0.253 e. The molecule has 0 unspecified atom stereocenters. The van der Waals surface area contributed by atoms with Crippen LogP contribution in [0.1, 0.15) is 37.7 Å². The summed E-state index contributed by atoms with van der Waals surface area (Å²) in [6.45, 7) is 1.08. The Morgan fingerprint density at radius 1 is 0.882 bits per heavy atom. The maximum absolute atomic E-state index is 12.0. The lowest BCUT2D eigenvalue weighted by Gasteiger charge is -2.19. The highest BCUT2D eigenvalue weighted by Crippen LogP contribution is 2.20. The Bertz CT molecular complexity index is 1210. The lowest BCUT2D eigenvalue weighted by Crippen LogP contribution is -2.36. The topological polar surface area (TPSA) is 118 Å². The number of aromatic nitrogens is 1. The SMILES string of the molecule is CS(=O)(=O)N(CCCCCCCNc1c(Nc2ccncc2)c(=O)c1=O)OCc1ccccc1. The van der Waals surface area contributed by atoms with Gasteiger partial charge in [0.25, 0.3) is 10.9 Å². The molecular weight excluding hydrogens is 456 g/mol. The Labute approximate surface area is 199 Å². The second-order valence-corrected chi connectivity index (χ2v) is 9.89. The normalized spacial score (nSPS) is 11.7. The van der Waals surface area contributed by atoms with Crippen molar-refractivity contribution in [1.82, 2.24) is 9.45 Å². The number of benzene rings is 1. The van der Waals surface area contributed by atoms with Gasteiger partial charge in [-0.25, -0.2) is 8.42 Å². The number of unbranched alkanes of at least 4 members (excludes halogenated alkanes) is 4. The molecule has 0 aliphatic carbocycles. The van der Waals surface area contributed by atoms with Crippen LogP contribution in [0.15, 0.2) is 64.4 Å². The van der Waals surface area contributed by atoms with Crippen molar-refractivity contribution in [3.8, 4) is 0 Å². The summed E-state index contributed by atoms with van der Waals surface area (Å²) in [6.07, 6.45) is 8.56. The van der Waals surface area contributed by atoms with E-state index in [1.54, 1.807) is 24.5 Å². The smallest absolute Gasteiger partial charge is 0.253 e. The molecule has 0 amide bonds. The van der Waals surface area contributed by atoms with Gasteiger partial charge in [0.2, 0.25) is 10.0 Å². The van der Waals surface area contributed by atoms with Gasteiger partial charge in [-0.15, -0.1) is 0 Å². The van der Waals surface area contributed by atoms with Crippen LogP contribution in [-0.4, -0.2) is 37.2 Å². The van der Waals surface area contributed by atoms with Crippen LogP contribution in [0.5, 0.6) is 0 Å². The lowest BCUT2D eigenvalue weighted by molar-refractivity contribution is -0.0962. The van der Waals surface area contributed by atoms with E-state index >= 15 is 0 Å². The molecule has 34 heavy (non-hydrogen) atoms. The first-order valence-electron chi connectivity index (χ1n) is 11.2. The summed E-state index contributed by atoms with van der Waals surface area (Å²) in [7, 11) is -3.45. The van der Waals surface area contributed by atoms with E-state index < -0.39 is 20.9 Å². The minimum atomic E-state index is -3.45. The summed E-state index contributed by atoms with van der Waals surface area (Å²) < 4.78 is 25.0. The Kier molecular flexibility index (Phi) is 9.32. The van der Waals surface area contributed by atoms with Crippen molar-refractivity contribution in [2.75, 3.05) is 30.0 Å². The van der Waals surface area contributed by atoms with Crippen molar-refractivity contribution in [2.45, 2.75) is 38.7 Å². The van der Waals surface area contributed by atoms with E-state index in [2.05, 4.69) is 15.6 Å². The number of anilines is 3. The van der Waals surface area contributed by atoms with Crippen LogP contribution in [0.3, 0.4) is 0 Å². The molecule has 1 aromatic heterocycles. The molecule has 182 valence electrons. The van der Waals surface area contributed by atoms with Crippen molar-refractivity contribution < 1.29 is 13.3 Å². The van der Waals surface area contributed by atoms with E-state index in [0.29, 0.717) is 30.9 Å². The molecule has 3 aromatic rings. The molecule has 0 fully saturated rings. The molecule has 0 aliphatic rings. The highest BCUT2D eigenvalue weighted by atomic mass is 32.2. The summed E-state index contributed by atoms with van der Waals surface area (Å²) in [4.78, 5) is 33.2. The van der Waals surface area contributed by atoms with Gasteiger partial charge >= 0.3 is 0 Å². The number of hydrogen-bond acceptors (Lipinski definition) is 8. The number of pyridine rings is 1. The number of sulfonamides is 1. The van der Waals surface area contributed by atoms with E-state index in [1.807, 2.05) is 30.3 Å². The fraction of sp³-hybridized carbons (Fsp3) is 0.375. The van der Waals surface area contributed by atoms with E-state index in [1.165, 1.54) is 0 Å². The standard InChI is InChI=1S/C24H30N4O5S/c1-34(31,32)28(33-18-19-10-6-5-7-11-19)17-9-4-2-3-8-14-26-21-22(24(30)23(21)29)27-20-12-15-25-16-13-20/h5-7,10-13,15-16,26H,2-4,8-9,14,17-18H2,1H3,(H,25,27).